The summed E-state index contributed by atoms with van der Waals surface area (Å²) in [5.74, 6) is 2.57. The molecule has 8 nitrogen and oxygen atoms in total. The lowest BCUT2D eigenvalue weighted by molar-refractivity contribution is -0.125. The van der Waals surface area contributed by atoms with Crippen LogP contribution in [0.3, 0.4) is 0 Å². The summed E-state index contributed by atoms with van der Waals surface area (Å²) in [6.45, 7) is 2.23. The Kier molecular flexibility index (Phi) is 8.03. The second kappa shape index (κ2) is 11.6. The number of hydrogen-bond donors (Lipinski definition) is 2. The summed E-state index contributed by atoms with van der Waals surface area (Å²) in [5, 5.41) is 15.2. The highest BCUT2D eigenvalue weighted by molar-refractivity contribution is 5.79. The summed E-state index contributed by atoms with van der Waals surface area (Å²) in [5.41, 5.74) is 3.27. The van der Waals surface area contributed by atoms with E-state index in [1.807, 2.05) is 62.6 Å². The fraction of sp³-hybridized carbons (Fsp3) is 0.370. The highest BCUT2D eigenvalue weighted by Gasteiger charge is 2.25. The molecule has 2 aromatic carbocycles. The Balaban J connectivity index is 1.22. The first-order chi connectivity index (χ1) is 17.0. The molecular formula is C27H34N6O2. The van der Waals surface area contributed by atoms with Crippen LogP contribution in [-0.4, -0.2) is 56.9 Å². The highest BCUT2D eigenvalue weighted by Crippen LogP contribution is 2.24. The second-order valence-electron chi connectivity index (χ2n) is 9.00. The molecule has 2 N–H and O–H groups in total. The van der Waals surface area contributed by atoms with Crippen LogP contribution in [0.4, 0.5) is 23.0 Å². The standard InChI is InChI=1S/C27H34N6O2/c1-32(2)23-6-4-5-22(19-23)29-25-11-12-26(31-30-25)33-17-14-21(15-18-33)27(34)28-16-13-20-7-9-24(35-3)10-8-20/h4-12,19,21H,13-18H2,1-3H3,(H,28,34)(H,29,30). The molecule has 0 spiro atoms. The molecule has 0 bridgehead atoms. The van der Waals surface area contributed by atoms with E-state index in [2.05, 4.69) is 42.8 Å². The van der Waals surface area contributed by atoms with Gasteiger partial charge in [0.15, 0.2) is 11.6 Å². The van der Waals surface area contributed by atoms with Gasteiger partial charge in [-0.2, -0.15) is 0 Å². The number of nitrogens with one attached hydrogen (secondary N) is 2. The third-order valence-electron chi connectivity index (χ3n) is 6.35. The molecular weight excluding hydrogens is 440 g/mol. The average Bonchev–Trinajstić information content (AvgIpc) is 2.90. The molecule has 8 heteroatoms. The van der Waals surface area contributed by atoms with Crippen LogP contribution in [0.25, 0.3) is 0 Å². The molecule has 0 radical (unpaired) electrons. The van der Waals surface area contributed by atoms with Gasteiger partial charge in [-0.15, -0.1) is 10.2 Å². The lowest BCUT2D eigenvalue weighted by Crippen LogP contribution is -2.41. The van der Waals surface area contributed by atoms with Crippen LogP contribution in [0.2, 0.25) is 0 Å². The molecule has 0 unspecified atom stereocenters. The minimum Gasteiger partial charge on any atom is -0.497 e. The molecule has 35 heavy (non-hydrogen) atoms. The van der Waals surface area contributed by atoms with E-state index >= 15 is 0 Å². The van der Waals surface area contributed by atoms with Crippen molar-refractivity contribution in [2.75, 3.05) is 56.0 Å². The van der Waals surface area contributed by atoms with Crippen LogP contribution in [0.1, 0.15) is 18.4 Å². The first-order valence-electron chi connectivity index (χ1n) is 12.1. The number of methoxy groups -OCH3 is 1. The first-order valence-corrected chi connectivity index (χ1v) is 12.1. The topological polar surface area (TPSA) is 82.6 Å². The van der Waals surface area contributed by atoms with Gasteiger partial charge in [-0.25, -0.2) is 0 Å². The Morgan fingerprint density at radius 1 is 1.06 bits per heavy atom. The first kappa shape index (κ1) is 24.3. The maximum atomic E-state index is 12.6. The Morgan fingerprint density at radius 2 is 1.83 bits per heavy atom. The molecule has 0 aliphatic carbocycles. The van der Waals surface area contributed by atoms with E-state index in [1.165, 1.54) is 5.56 Å². The van der Waals surface area contributed by atoms with Gasteiger partial charge in [0.05, 0.1) is 7.11 Å². The maximum Gasteiger partial charge on any atom is 0.223 e. The van der Waals surface area contributed by atoms with Crippen molar-refractivity contribution in [3.8, 4) is 5.75 Å². The van der Waals surface area contributed by atoms with Crippen molar-refractivity contribution in [1.29, 1.82) is 0 Å². The van der Waals surface area contributed by atoms with E-state index in [9.17, 15) is 4.79 Å². The fourth-order valence-electron chi connectivity index (χ4n) is 4.21. The van der Waals surface area contributed by atoms with Crippen LogP contribution < -0.4 is 25.2 Å². The minimum atomic E-state index is 0.0417. The highest BCUT2D eigenvalue weighted by atomic mass is 16.5. The normalized spacial score (nSPS) is 13.9. The van der Waals surface area contributed by atoms with Crippen molar-refractivity contribution in [3.05, 3.63) is 66.2 Å². The zero-order valence-corrected chi connectivity index (χ0v) is 20.7. The van der Waals surface area contributed by atoms with E-state index in [0.29, 0.717) is 12.4 Å². The number of aromatic nitrogens is 2. The van der Waals surface area contributed by atoms with Gasteiger partial charge in [-0.3, -0.25) is 4.79 Å². The molecule has 0 atom stereocenters. The maximum absolute atomic E-state index is 12.6. The van der Waals surface area contributed by atoms with Crippen LogP contribution in [-0.2, 0) is 11.2 Å². The Labute approximate surface area is 207 Å². The molecule has 0 saturated carbocycles. The number of piperidine rings is 1. The molecule has 1 saturated heterocycles. The summed E-state index contributed by atoms with van der Waals surface area (Å²) in [7, 11) is 5.69. The second-order valence-corrected chi connectivity index (χ2v) is 9.00. The van der Waals surface area contributed by atoms with E-state index in [0.717, 1.165) is 55.3 Å². The largest absolute Gasteiger partial charge is 0.497 e. The zero-order valence-electron chi connectivity index (χ0n) is 20.7. The minimum absolute atomic E-state index is 0.0417. The number of nitrogens with zero attached hydrogens (tertiary/aromatic N) is 4. The van der Waals surface area contributed by atoms with Gasteiger partial charge in [0.25, 0.3) is 0 Å². The molecule has 3 aromatic rings. The van der Waals surface area contributed by atoms with Crippen LogP contribution >= 0.6 is 0 Å². The van der Waals surface area contributed by atoms with Crippen LogP contribution in [0.5, 0.6) is 5.75 Å². The number of benzene rings is 2. The van der Waals surface area contributed by atoms with Gasteiger partial charge in [0.2, 0.25) is 5.91 Å². The van der Waals surface area contributed by atoms with Crippen LogP contribution in [0.15, 0.2) is 60.7 Å². The quantitative estimate of drug-likeness (QED) is 0.487. The van der Waals surface area contributed by atoms with E-state index in [1.54, 1.807) is 7.11 Å². The Bertz CT molecular complexity index is 1090. The van der Waals surface area contributed by atoms with Crippen LogP contribution in [0, 0.1) is 5.92 Å². The summed E-state index contributed by atoms with van der Waals surface area (Å²) < 4.78 is 5.19. The van der Waals surface area contributed by atoms with E-state index in [4.69, 9.17) is 4.74 Å². The molecule has 1 amide bonds. The fourth-order valence-corrected chi connectivity index (χ4v) is 4.21. The van der Waals surface area contributed by atoms with Crippen molar-refractivity contribution >= 4 is 28.9 Å². The number of carbonyl (C=O) groups is 1. The summed E-state index contributed by atoms with van der Waals surface area (Å²) in [6.07, 6.45) is 2.44. The molecule has 1 fully saturated rings. The van der Waals surface area contributed by atoms with Gasteiger partial charge < -0.3 is 25.2 Å². The Morgan fingerprint density at radius 3 is 2.49 bits per heavy atom. The average molecular weight is 475 g/mol. The summed E-state index contributed by atoms with van der Waals surface area (Å²) in [4.78, 5) is 16.9. The predicted molar refractivity (Wildman–Crippen MR) is 141 cm³/mol. The van der Waals surface area contributed by atoms with Crippen molar-refractivity contribution in [2.45, 2.75) is 19.3 Å². The number of rotatable bonds is 9. The van der Waals surface area contributed by atoms with E-state index in [-0.39, 0.29) is 11.8 Å². The molecule has 1 aliphatic rings. The lowest BCUT2D eigenvalue weighted by Gasteiger charge is -2.31. The Hall–Kier alpha value is -3.81. The van der Waals surface area contributed by atoms with E-state index < -0.39 is 0 Å². The predicted octanol–water partition coefficient (Wildman–Crippen LogP) is 3.87. The number of anilines is 4. The van der Waals surface area contributed by atoms with Gasteiger partial charge in [0, 0.05) is 51.0 Å². The molecule has 1 aliphatic heterocycles. The summed E-state index contributed by atoms with van der Waals surface area (Å²) in [6, 6.07) is 20.0. The number of hydrogen-bond acceptors (Lipinski definition) is 7. The number of amides is 1. The number of carbonyl (C=O) groups excluding carboxylic acids is 1. The van der Waals surface area contributed by atoms with Crippen molar-refractivity contribution in [2.24, 2.45) is 5.92 Å². The van der Waals surface area contributed by atoms with Crippen molar-refractivity contribution in [3.63, 3.8) is 0 Å². The lowest BCUT2D eigenvalue weighted by atomic mass is 9.96. The monoisotopic (exact) mass is 474 g/mol. The van der Waals surface area contributed by atoms with Gasteiger partial charge in [-0.05, 0) is 67.3 Å². The third-order valence-corrected chi connectivity index (χ3v) is 6.35. The van der Waals surface area contributed by atoms with Gasteiger partial charge >= 0.3 is 0 Å². The molecule has 2 heterocycles. The SMILES string of the molecule is COc1ccc(CCNC(=O)C2CCN(c3ccc(Nc4cccc(N(C)C)c4)nn3)CC2)cc1. The zero-order chi connectivity index (χ0) is 24.6. The van der Waals surface area contributed by atoms with Gasteiger partial charge in [-0.1, -0.05) is 18.2 Å². The van der Waals surface area contributed by atoms with Gasteiger partial charge in [0.1, 0.15) is 5.75 Å². The number of ether oxygens (including phenoxy) is 1. The van der Waals surface area contributed by atoms with Crippen molar-refractivity contribution in [1.82, 2.24) is 15.5 Å². The molecule has 184 valence electrons. The summed E-state index contributed by atoms with van der Waals surface area (Å²) >= 11 is 0. The molecule has 1 aromatic heterocycles. The third kappa shape index (κ3) is 6.62. The smallest absolute Gasteiger partial charge is 0.223 e. The molecule has 4 rings (SSSR count). The van der Waals surface area contributed by atoms with Crippen molar-refractivity contribution < 1.29 is 9.53 Å².